The SMILES string of the molecule is I.[Zn][c]1cccc(Br)c1. The van der Waals surface area contributed by atoms with Crippen molar-refractivity contribution in [2.75, 3.05) is 0 Å². The maximum absolute atomic E-state index is 3.38. The van der Waals surface area contributed by atoms with Crippen LogP contribution in [0, 0.1) is 0 Å². The van der Waals surface area contributed by atoms with Crippen molar-refractivity contribution >= 4 is 44.1 Å². The van der Waals surface area contributed by atoms with Crippen LogP contribution in [0.4, 0.5) is 0 Å². The van der Waals surface area contributed by atoms with Crippen molar-refractivity contribution in [2.24, 2.45) is 0 Å². The summed E-state index contributed by atoms with van der Waals surface area (Å²) < 4.78 is 2.60. The minimum absolute atomic E-state index is 0. The molecular formula is C6H5BrIZn. The Balaban J connectivity index is 0.000000640. The molecule has 1 aromatic rings. The zero-order valence-electron chi connectivity index (χ0n) is 4.80. The van der Waals surface area contributed by atoms with E-state index >= 15 is 0 Å². The summed E-state index contributed by atoms with van der Waals surface area (Å²) in [6.07, 6.45) is 0. The van der Waals surface area contributed by atoms with Crippen LogP contribution >= 0.6 is 39.9 Å². The second-order valence-corrected chi connectivity index (χ2v) is 4.26. The molecule has 3 heteroatoms. The second-order valence-electron chi connectivity index (χ2n) is 1.63. The van der Waals surface area contributed by atoms with Gasteiger partial charge in [-0.25, -0.2) is 0 Å². The van der Waals surface area contributed by atoms with Gasteiger partial charge in [0.05, 0.1) is 0 Å². The average Bonchev–Trinajstić information content (AvgIpc) is 1.64. The first kappa shape index (κ1) is 10.1. The van der Waals surface area contributed by atoms with Crippen LogP contribution in [0.5, 0.6) is 0 Å². The molecule has 0 fully saturated rings. The number of hydrogen-bond donors (Lipinski definition) is 0. The van der Waals surface area contributed by atoms with Gasteiger partial charge in [-0.05, 0) is 0 Å². The molecular weight excluding hydrogens is 344 g/mol. The average molecular weight is 349 g/mol. The van der Waals surface area contributed by atoms with Gasteiger partial charge >= 0.3 is 67.1 Å². The molecule has 0 atom stereocenters. The Hall–Kier alpha value is 1.05. The van der Waals surface area contributed by atoms with Gasteiger partial charge in [0.15, 0.2) is 0 Å². The van der Waals surface area contributed by atoms with Crippen LogP contribution in [-0.4, -0.2) is 0 Å². The van der Waals surface area contributed by atoms with Gasteiger partial charge in [0, 0.05) is 0 Å². The molecule has 1 aromatic carbocycles. The van der Waals surface area contributed by atoms with Crippen LogP contribution in [0.3, 0.4) is 0 Å². The van der Waals surface area contributed by atoms with Crippen LogP contribution in [0.1, 0.15) is 0 Å². The Morgan fingerprint density at radius 1 is 1.33 bits per heavy atom. The molecule has 0 aliphatic rings. The van der Waals surface area contributed by atoms with Crippen molar-refractivity contribution in [2.45, 2.75) is 0 Å². The summed E-state index contributed by atoms with van der Waals surface area (Å²) in [6.45, 7) is 0. The Kier molecular flexibility index (Phi) is 5.37. The van der Waals surface area contributed by atoms with Gasteiger partial charge in [-0.1, -0.05) is 0 Å². The van der Waals surface area contributed by atoms with Gasteiger partial charge in [0.2, 0.25) is 0 Å². The molecule has 0 aromatic heterocycles. The van der Waals surface area contributed by atoms with Gasteiger partial charge in [-0.15, -0.1) is 24.0 Å². The van der Waals surface area contributed by atoms with Crippen molar-refractivity contribution in [3.05, 3.63) is 28.7 Å². The monoisotopic (exact) mass is 347 g/mol. The Labute approximate surface area is 90.2 Å². The summed E-state index contributed by atoms with van der Waals surface area (Å²) in [5.41, 5.74) is 0. The fraction of sp³-hybridized carbons (Fsp3) is 0. The van der Waals surface area contributed by atoms with Crippen molar-refractivity contribution < 1.29 is 18.3 Å². The molecule has 1 rings (SSSR count). The van der Waals surface area contributed by atoms with E-state index in [4.69, 9.17) is 0 Å². The number of benzene rings is 1. The molecule has 0 saturated carbocycles. The molecule has 0 saturated heterocycles. The summed E-state index contributed by atoms with van der Waals surface area (Å²) >= 11 is 4.62. The summed E-state index contributed by atoms with van der Waals surface area (Å²) in [6, 6.07) is 8.37. The summed E-state index contributed by atoms with van der Waals surface area (Å²) in [5.74, 6) is 0. The molecule has 0 aliphatic heterocycles. The van der Waals surface area contributed by atoms with E-state index in [1.54, 1.807) is 0 Å². The molecule has 0 bridgehead atoms. The molecule has 0 radical (unpaired) electrons. The maximum atomic E-state index is 3.38. The van der Waals surface area contributed by atoms with E-state index in [0.29, 0.717) is 0 Å². The van der Waals surface area contributed by atoms with E-state index in [0.717, 1.165) is 0 Å². The summed E-state index contributed by atoms with van der Waals surface area (Å²) in [5, 5.41) is 0. The van der Waals surface area contributed by atoms with Crippen LogP contribution < -0.4 is 4.16 Å². The molecule has 0 heterocycles. The van der Waals surface area contributed by atoms with E-state index < -0.39 is 0 Å². The van der Waals surface area contributed by atoms with Gasteiger partial charge < -0.3 is 0 Å². The van der Waals surface area contributed by atoms with Crippen LogP contribution in [0.25, 0.3) is 0 Å². The molecule has 0 amide bonds. The predicted octanol–water partition coefficient (Wildman–Crippen LogP) is 2.24. The molecule has 0 unspecified atom stereocenters. The molecule has 45 valence electrons. The molecule has 9 heavy (non-hydrogen) atoms. The first-order valence-electron chi connectivity index (χ1n) is 2.36. The normalized spacial score (nSPS) is 8.33. The fourth-order valence-electron chi connectivity index (χ4n) is 0.537. The summed E-state index contributed by atoms with van der Waals surface area (Å²) in [4.78, 5) is 0. The third kappa shape index (κ3) is 3.69. The van der Waals surface area contributed by atoms with E-state index in [9.17, 15) is 0 Å². The van der Waals surface area contributed by atoms with Crippen LogP contribution in [-0.2, 0) is 18.3 Å². The van der Waals surface area contributed by atoms with E-state index in [1.165, 1.54) is 26.9 Å². The molecule has 0 aliphatic carbocycles. The van der Waals surface area contributed by atoms with Gasteiger partial charge in [-0.2, -0.15) is 0 Å². The zero-order valence-corrected chi connectivity index (χ0v) is 11.7. The quantitative estimate of drug-likeness (QED) is 0.498. The van der Waals surface area contributed by atoms with Crippen molar-refractivity contribution in [3.8, 4) is 0 Å². The third-order valence-electron chi connectivity index (χ3n) is 0.889. The predicted molar refractivity (Wildman–Crippen MR) is 49.2 cm³/mol. The number of halogens is 2. The topological polar surface area (TPSA) is 0 Å². The standard InChI is InChI=1S/C6H4Br.HI.Zn/c7-6-4-2-1-3-5-6;;/h1-2,4-5H;1H;. The Bertz CT molecular complexity index is 173. The Morgan fingerprint density at radius 2 is 2.00 bits per heavy atom. The minimum atomic E-state index is 0. The first-order valence-corrected chi connectivity index (χ1v) is 4.64. The molecule has 0 spiro atoms. The van der Waals surface area contributed by atoms with Crippen LogP contribution in [0.2, 0.25) is 0 Å². The number of hydrogen-bond acceptors (Lipinski definition) is 0. The third-order valence-corrected chi connectivity index (χ3v) is 2.31. The zero-order chi connectivity index (χ0) is 5.98. The van der Waals surface area contributed by atoms with Gasteiger partial charge in [-0.3, -0.25) is 0 Å². The Morgan fingerprint density at radius 3 is 2.33 bits per heavy atom. The fourth-order valence-corrected chi connectivity index (χ4v) is 2.36. The first-order chi connectivity index (χ1) is 3.79. The summed E-state index contributed by atoms with van der Waals surface area (Å²) in [7, 11) is 0. The molecule has 0 nitrogen and oxygen atoms in total. The molecule has 0 N–H and O–H groups in total. The van der Waals surface area contributed by atoms with E-state index in [1.807, 2.05) is 6.07 Å². The van der Waals surface area contributed by atoms with E-state index in [-0.39, 0.29) is 24.0 Å². The van der Waals surface area contributed by atoms with Crippen LogP contribution in [0.15, 0.2) is 28.7 Å². The van der Waals surface area contributed by atoms with Gasteiger partial charge in [0.25, 0.3) is 0 Å². The van der Waals surface area contributed by atoms with E-state index in [2.05, 4.69) is 34.1 Å². The van der Waals surface area contributed by atoms with Crippen molar-refractivity contribution in [3.63, 3.8) is 0 Å². The van der Waals surface area contributed by atoms with Crippen molar-refractivity contribution in [1.29, 1.82) is 0 Å². The number of rotatable bonds is 0. The van der Waals surface area contributed by atoms with Gasteiger partial charge in [0.1, 0.15) is 0 Å². The van der Waals surface area contributed by atoms with Crippen molar-refractivity contribution in [1.82, 2.24) is 0 Å². The second kappa shape index (κ2) is 4.81.